The zero-order chi connectivity index (χ0) is 17.8. The molecule has 0 saturated heterocycles. The maximum Gasteiger partial charge on any atom is 0.261 e. The molecule has 0 aliphatic carbocycles. The first-order chi connectivity index (χ1) is 11.4. The molecule has 0 atom stereocenters. The van der Waals surface area contributed by atoms with Crippen molar-refractivity contribution in [2.45, 2.75) is 19.3 Å². The van der Waals surface area contributed by atoms with Crippen LogP contribution in [0.15, 0.2) is 54.6 Å². The minimum absolute atomic E-state index is 0.173. The summed E-state index contributed by atoms with van der Waals surface area (Å²) in [6.07, 6.45) is 3.38. The lowest BCUT2D eigenvalue weighted by atomic mass is 10.0. The molecule has 0 saturated carbocycles. The van der Waals surface area contributed by atoms with Crippen molar-refractivity contribution in [3.8, 4) is 5.75 Å². The van der Waals surface area contributed by atoms with Gasteiger partial charge < -0.3 is 9.84 Å². The zero-order valence-electron chi connectivity index (χ0n) is 13.8. The van der Waals surface area contributed by atoms with Gasteiger partial charge in [-0.05, 0) is 30.0 Å². The Bertz CT molecular complexity index is 676. The summed E-state index contributed by atoms with van der Waals surface area (Å²) in [5.74, 6) is 0.937. The Labute approximate surface area is 143 Å². The van der Waals surface area contributed by atoms with Gasteiger partial charge in [0.25, 0.3) is 10.1 Å². The van der Waals surface area contributed by atoms with Crippen molar-refractivity contribution in [2.75, 3.05) is 19.5 Å². The van der Waals surface area contributed by atoms with Crippen molar-refractivity contribution in [3.05, 3.63) is 65.7 Å². The first-order valence-corrected chi connectivity index (χ1v) is 9.53. The van der Waals surface area contributed by atoms with Crippen LogP contribution in [0.4, 0.5) is 0 Å². The van der Waals surface area contributed by atoms with E-state index in [1.807, 2.05) is 24.3 Å². The normalized spacial score (nSPS) is 10.6. The second-order valence-electron chi connectivity index (χ2n) is 5.25. The molecule has 24 heavy (non-hydrogen) atoms. The van der Waals surface area contributed by atoms with E-state index < -0.39 is 10.1 Å². The number of aliphatic hydroxyl groups is 1. The van der Waals surface area contributed by atoms with Gasteiger partial charge in [-0.15, -0.1) is 0 Å². The lowest BCUT2D eigenvalue weighted by molar-refractivity contribution is 0.232. The van der Waals surface area contributed by atoms with Crippen LogP contribution >= 0.6 is 0 Å². The van der Waals surface area contributed by atoms with Gasteiger partial charge in [0.15, 0.2) is 0 Å². The van der Waals surface area contributed by atoms with Crippen molar-refractivity contribution in [1.29, 1.82) is 0 Å². The summed E-state index contributed by atoms with van der Waals surface area (Å²) in [6, 6.07) is 18.6. The Morgan fingerprint density at radius 3 is 2.17 bits per heavy atom. The van der Waals surface area contributed by atoms with Crippen LogP contribution in [-0.4, -0.2) is 37.5 Å². The van der Waals surface area contributed by atoms with E-state index in [4.69, 9.17) is 14.4 Å². The van der Waals surface area contributed by atoms with E-state index in [1.54, 1.807) is 0 Å². The summed E-state index contributed by atoms with van der Waals surface area (Å²) in [6.45, 7) is 0.741. The third-order valence-electron chi connectivity index (χ3n) is 3.06. The van der Waals surface area contributed by atoms with Crippen molar-refractivity contribution >= 4 is 10.1 Å². The molecule has 0 unspecified atom stereocenters. The van der Waals surface area contributed by atoms with Gasteiger partial charge in [-0.1, -0.05) is 48.5 Å². The molecule has 2 N–H and O–H groups in total. The quantitative estimate of drug-likeness (QED) is 0.591. The van der Waals surface area contributed by atoms with Crippen LogP contribution in [-0.2, 0) is 23.0 Å². The van der Waals surface area contributed by atoms with E-state index in [0.717, 1.165) is 18.6 Å². The number of hydrogen-bond acceptors (Lipinski definition) is 4. The predicted molar refractivity (Wildman–Crippen MR) is 95.0 cm³/mol. The summed E-state index contributed by atoms with van der Waals surface area (Å²) >= 11 is 0. The summed E-state index contributed by atoms with van der Waals surface area (Å²) in [4.78, 5) is 0. The lowest BCUT2D eigenvalue weighted by Crippen LogP contribution is -2.02. The molecule has 2 aromatic rings. The highest BCUT2D eigenvalue weighted by molar-refractivity contribution is 7.85. The fraction of sp³-hybridized carbons (Fsp3) is 0.333. The van der Waals surface area contributed by atoms with Gasteiger partial charge >= 0.3 is 0 Å². The van der Waals surface area contributed by atoms with E-state index in [9.17, 15) is 8.42 Å². The summed E-state index contributed by atoms with van der Waals surface area (Å²) in [5, 5.41) is 8.79. The highest BCUT2D eigenvalue weighted by Crippen LogP contribution is 2.20. The number of hydrogen-bond donors (Lipinski definition) is 2. The van der Waals surface area contributed by atoms with Crippen LogP contribution in [0.5, 0.6) is 5.75 Å². The second kappa shape index (κ2) is 10.8. The van der Waals surface area contributed by atoms with Crippen LogP contribution in [0.25, 0.3) is 0 Å². The standard InChI is InChI=1S/C17H20O2.CH4O3S/c18-13-6-14-19-17-10-5-4-9-16(17)12-11-15-7-2-1-3-8-15;1-5(2,3)4/h1-5,7-10,18H,6,11-14H2;1H3,(H,2,3,4). The maximum atomic E-state index is 9.19. The fourth-order valence-corrected chi connectivity index (χ4v) is 2.02. The molecule has 0 aliphatic rings. The van der Waals surface area contributed by atoms with Gasteiger partial charge in [0.2, 0.25) is 0 Å². The number of aryl methyl sites for hydroxylation is 2. The van der Waals surface area contributed by atoms with E-state index in [-0.39, 0.29) is 6.61 Å². The molecule has 2 rings (SSSR count). The topological polar surface area (TPSA) is 83.8 Å². The molecule has 2 aromatic carbocycles. The van der Waals surface area contributed by atoms with Gasteiger partial charge in [-0.25, -0.2) is 0 Å². The number of para-hydroxylation sites is 1. The first-order valence-electron chi connectivity index (χ1n) is 7.68. The minimum atomic E-state index is -3.67. The maximum absolute atomic E-state index is 9.19. The third-order valence-corrected chi connectivity index (χ3v) is 3.06. The zero-order valence-corrected chi connectivity index (χ0v) is 14.6. The first kappa shape index (κ1) is 20.2. The Morgan fingerprint density at radius 1 is 0.958 bits per heavy atom. The van der Waals surface area contributed by atoms with Crippen molar-refractivity contribution in [1.82, 2.24) is 0 Å². The van der Waals surface area contributed by atoms with Gasteiger partial charge in [0.1, 0.15) is 5.75 Å². The van der Waals surface area contributed by atoms with Crippen LogP contribution in [0.2, 0.25) is 0 Å². The van der Waals surface area contributed by atoms with Crippen LogP contribution < -0.4 is 4.74 Å². The number of aliphatic hydroxyl groups excluding tert-OH is 1. The molecule has 0 aliphatic heterocycles. The highest BCUT2D eigenvalue weighted by atomic mass is 32.2. The highest BCUT2D eigenvalue weighted by Gasteiger charge is 2.03. The molecule has 0 spiro atoms. The average molecular weight is 352 g/mol. The molecule has 0 aromatic heterocycles. The molecular formula is C18H24O5S. The minimum Gasteiger partial charge on any atom is -0.493 e. The van der Waals surface area contributed by atoms with E-state index in [2.05, 4.69) is 30.3 Å². The molecular weight excluding hydrogens is 328 g/mol. The van der Waals surface area contributed by atoms with Crippen LogP contribution in [0, 0.1) is 0 Å². The van der Waals surface area contributed by atoms with E-state index >= 15 is 0 Å². The van der Waals surface area contributed by atoms with E-state index in [0.29, 0.717) is 19.3 Å². The van der Waals surface area contributed by atoms with Crippen molar-refractivity contribution in [3.63, 3.8) is 0 Å². The summed E-state index contributed by atoms with van der Waals surface area (Å²) in [5.41, 5.74) is 2.57. The molecule has 0 bridgehead atoms. The van der Waals surface area contributed by atoms with E-state index in [1.165, 1.54) is 11.1 Å². The molecule has 0 amide bonds. The molecule has 132 valence electrons. The SMILES string of the molecule is CS(=O)(=O)O.OCCCOc1ccccc1CCc1ccccc1. The Kier molecular flexibility index (Phi) is 9.07. The third kappa shape index (κ3) is 9.99. The van der Waals surface area contributed by atoms with Crippen molar-refractivity contribution < 1.29 is 22.8 Å². The number of benzene rings is 2. The summed E-state index contributed by atoms with van der Waals surface area (Å²) < 4.78 is 31.6. The largest absolute Gasteiger partial charge is 0.493 e. The average Bonchev–Trinajstić information content (AvgIpc) is 2.54. The molecule has 0 fully saturated rings. The van der Waals surface area contributed by atoms with Gasteiger partial charge in [0.05, 0.1) is 12.9 Å². The smallest absolute Gasteiger partial charge is 0.261 e. The predicted octanol–water partition coefficient (Wildman–Crippen LogP) is 2.74. The fourth-order valence-electron chi connectivity index (χ4n) is 2.02. The monoisotopic (exact) mass is 352 g/mol. The van der Waals surface area contributed by atoms with Crippen molar-refractivity contribution in [2.24, 2.45) is 0 Å². The second-order valence-corrected chi connectivity index (χ2v) is 6.72. The number of ether oxygens (including phenoxy) is 1. The molecule has 0 radical (unpaired) electrons. The number of rotatable bonds is 7. The Hall–Kier alpha value is -1.89. The van der Waals surface area contributed by atoms with Gasteiger partial charge in [0, 0.05) is 13.0 Å². The Morgan fingerprint density at radius 2 is 1.54 bits per heavy atom. The van der Waals surface area contributed by atoms with Gasteiger partial charge in [-0.2, -0.15) is 8.42 Å². The molecule has 6 heteroatoms. The lowest BCUT2D eigenvalue weighted by Gasteiger charge is -2.11. The Balaban J connectivity index is 0.000000505. The molecule has 5 nitrogen and oxygen atoms in total. The van der Waals surface area contributed by atoms with Crippen LogP contribution in [0.1, 0.15) is 17.5 Å². The summed E-state index contributed by atoms with van der Waals surface area (Å²) in [7, 11) is -3.67. The van der Waals surface area contributed by atoms with Gasteiger partial charge in [-0.3, -0.25) is 4.55 Å². The molecule has 0 heterocycles. The van der Waals surface area contributed by atoms with Crippen LogP contribution in [0.3, 0.4) is 0 Å².